The molecule has 1 aliphatic heterocycles. The molecule has 0 spiro atoms. The third-order valence-corrected chi connectivity index (χ3v) is 5.43. The van der Waals surface area contributed by atoms with Crippen molar-refractivity contribution in [2.45, 2.75) is 32.1 Å². The summed E-state index contributed by atoms with van der Waals surface area (Å²) in [6.07, 6.45) is 5.62. The Morgan fingerprint density at radius 3 is 2.86 bits per heavy atom. The van der Waals surface area contributed by atoms with Crippen molar-refractivity contribution >= 4 is 16.6 Å². The number of nitrogens with zero attached hydrogens (tertiary/aromatic N) is 4. The van der Waals surface area contributed by atoms with Crippen LogP contribution in [0.5, 0.6) is 0 Å². The SMILES string of the molecule is COCc1nn2c(ncc3c(=O)n(C[C@H]4CCCO4)ccc32)c1-c1ccccc1. The van der Waals surface area contributed by atoms with Gasteiger partial charge in [-0.05, 0) is 24.5 Å². The number of aromatic nitrogens is 4. The van der Waals surface area contributed by atoms with Gasteiger partial charge in [0.25, 0.3) is 5.56 Å². The van der Waals surface area contributed by atoms with E-state index in [1.54, 1.807) is 22.4 Å². The van der Waals surface area contributed by atoms with Crippen LogP contribution in [-0.4, -0.2) is 39.0 Å². The first-order valence-corrected chi connectivity index (χ1v) is 9.82. The van der Waals surface area contributed by atoms with Crippen molar-refractivity contribution < 1.29 is 9.47 Å². The largest absolute Gasteiger partial charge is 0.378 e. The van der Waals surface area contributed by atoms with E-state index in [4.69, 9.17) is 14.6 Å². The van der Waals surface area contributed by atoms with E-state index in [0.717, 1.165) is 41.8 Å². The zero-order valence-electron chi connectivity index (χ0n) is 16.2. The highest BCUT2D eigenvalue weighted by Gasteiger charge is 2.20. The highest BCUT2D eigenvalue weighted by atomic mass is 16.5. The van der Waals surface area contributed by atoms with Gasteiger partial charge in [0.05, 0.1) is 41.4 Å². The molecule has 0 amide bonds. The molecule has 7 heteroatoms. The van der Waals surface area contributed by atoms with Crippen molar-refractivity contribution in [2.75, 3.05) is 13.7 Å². The van der Waals surface area contributed by atoms with E-state index in [1.807, 2.05) is 42.6 Å². The van der Waals surface area contributed by atoms with Crippen molar-refractivity contribution in [1.29, 1.82) is 0 Å². The maximum atomic E-state index is 13.0. The number of ether oxygens (including phenoxy) is 2. The molecule has 1 aromatic carbocycles. The fraction of sp³-hybridized carbons (Fsp3) is 0.318. The number of benzene rings is 1. The van der Waals surface area contributed by atoms with Crippen LogP contribution in [0.4, 0.5) is 0 Å². The Labute approximate surface area is 167 Å². The Balaban J connectivity index is 1.68. The van der Waals surface area contributed by atoms with Crippen molar-refractivity contribution in [1.82, 2.24) is 19.2 Å². The predicted molar refractivity (Wildman–Crippen MR) is 110 cm³/mol. The van der Waals surface area contributed by atoms with Crippen molar-refractivity contribution in [3.63, 3.8) is 0 Å². The summed E-state index contributed by atoms with van der Waals surface area (Å²) in [5.41, 5.74) is 4.13. The highest BCUT2D eigenvalue weighted by molar-refractivity contribution is 5.86. The lowest BCUT2D eigenvalue weighted by atomic mass is 10.1. The van der Waals surface area contributed by atoms with E-state index in [9.17, 15) is 4.79 Å². The van der Waals surface area contributed by atoms with Crippen molar-refractivity contribution in [2.24, 2.45) is 0 Å². The van der Waals surface area contributed by atoms with Crippen LogP contribution in [0.1, 0.15) is 18.5 Å². The molecule has 5 rings (SSSR count). The number of methoxy groups -OCH3 is 1. The minimum absolute atomic E-state index is 0.0718. The molecule has 0 N–H and O–H groups in total. The molecule has 0 radical (unpaired) electrons. The summed E-state index contributed by atoms with van der Waals surface area (Å²) >= 11 is 0. The van der Waals surface area contributed by atoms with E-state index in [1.165, 1.54) is 0 Å². The lowest BCUT2D eigenvalue weighted by molar-refractivity contribution is 0.0963. The predicted octanol–water partition coefficient (Wildman–Crippen LogP) is 3.04. The molecule has 1 aliphatic rings. The average molecular weight is 390 g/mol. The van der Waals surface area contributed by atoms with Crippen LogP contribution in [0, 0.1) is 0 Å². The Hall–Kier alpha value is -3.03. The molecule has 29 heavy (non-hydrogen) atoms. The van der Waals surface area contributed by atoms with Gasteiger partial charge < -0.3 is 14.0 Å². The Morgan fingerprint density at radius 2 is 2.10 bits per heavy atom. The topological polar surface area (TPSA) is 70.7 Å². The Morgan fingerprint density at radius 1 is 1.24 bits per heavy atom. The van der Waals surface area contributed by atoms with Gasteiger partial charge in [0, 0.05) is 26.1 Å². The smallest absolute Gasteiger partial charge is 0.261 e. The maximum absolute atomic E-state index is 13.0. The minimum Gasteiger partial charge on any atom is -0.378 e. The molecule has 3 aromatic heterocycles. The fourth-order valence-corrected chi connectivity index (χ4v) is 4.04. The Kier molecular flexibility index (Phi) is 4.61. The molecular formula is C22H22N4O3. The third kappa shape index (κ3) is 3.12. The maximum Gasteiger partial charge on any atom is 0.261 e. The summed E-state index contributed by atoms with van der Waals surface area (Å²) in [6, 6.07) is 11.9. The number of hydrogen-bond donors (Lipinski definition) is 0. The van der Waals surface area contributed by atoms with Gasteiger partial charge in [-0.15, -0.1) is 0 Å². The van der Waals surface area contributed by atoms with Gasteiger partial charge in [-0.25, -0.2) is 9.50 Å². The van der Waals surface area contributed by atoms with Crippen LogP contribution < -0.4 is 5.56 Å². The molecule has 0 bridgehead atoms. The monoisotopic (exact) mass is 390 g/mol. The summed E-state index contributed by atoms with van der Waals surface area (Å²) in [7, 11) is 1.65. The molecule has 0 aliphatic carbocycles. The molecule has 1 saturated heterocycles. The summed E-state index contributed by atoms with van der Waals surface area (Å²) in [5, 5.41) is 5.28. The van der Waals surface area contributed by atoms with Gasteiger partial charge in [-0.2, -0.15) is 5.10 Å². The van der Waals surface area contributed by atoms with E-state index >= 15 is 0 Å². The Bertz CT molecular complexity index is 1220. The van der Waals surface area contributed by atoms with Gasteiger partial charge in [0.2, 0.25) is 0 Å². The number of hydrogen-bond acceptors (Lipinski definition) is 5. The van der Waals surface area contributed by atoms with Crippen LogP contribution >= 0.6 is 0 Å². The van der Waals surface area contributed by atoms with Crippen LogP contribution in [0.2, 0.25) is 0 Å². The second-order valence-electron chi connectivity index (χ2n) is 7.32. The first-order valence-electron chi connectivity index (χ1n) is 9.82. The summed E-state index contributed by atoms with van der Waals surface area (Å²) in [4.78, 5) is 17.7. The normalized spacial score (nSPS) is 16.8. The van der Waals surface area contributed by atoms with Crippen molar-refractivity contribution in [3.05, 3.63) is 64.8 Å². The zero-order chi connectivity index (χ0) is 19.8. The van der Waals surface area contributed by atoms with E-state index < -0.39 is 0 Å². The molecular weight excluding hydrogens is 368 g/mol. The minimum atomic E-state index is -0.0718. The zero-order valence-corrected chi connectivity index (χ0v) is 16.2. The fourth-order valence-electron chi connectivity index (χ4n) is 4.04. The van der Waals surface area contributed by atoms with Gasteiger partial charge in [-0.1, -0.05) is 30.3 Å². The van der Waals surface area contributed by atoms with Gasteiger partial charge in [0.15, 0.2) is 5.65 Å². The molecule has 1 fully saturated rings. The molecule has 0 saturated carbocycles. The van der Waals surface area contributed by atoms with Gasteiger partial charge in [-0.3, -0.25) is 4.79 Å². The molecule has 7 nitrogen and oxygen atoms in total. The second-order valence-corrected chi connectivity index (χ2v) is 7.32. The molecule has 148 valence electrons. The lowest BCUT2D eigenvalue weighted by Crippen LogP contribution is -2.26. The lowest BCUT2D eigenvalue weighted by Gasteiger charge is -2.12. The number of rotatable bonds is 5. The quantitative estimate of drug-likeness (QED) is 0.524. The molecule has 4 heterocycles. The molecule has 4 aromatic rings. The highest BCUT2D eigenvalue weighted by Crippen LogP contribution is 2.29. The first-order chi connectivity index (χ1) is 14.3. The van der Waals surface area contributed by atoms with Crippen LogP contribution in [0.25, 0.3) is 27.7 Å². The van der Waals surface area contributed by atoms with Crippen molar-refractivity contribution in [3.8, 4) is 11.1 Å². The summed E-state index contributed by atoms with van der Waals surface area (Å²) in [6.45, 7) is 1.70. The molecule has 0 unspecified atom stereocenters. The van der Waals surface area contributed by atoms with E-state index in [0.29, 0.717) is 24.2 Å². The van der Waals surface area contributed by atoms with E-state index in [2.05, 4.69) is 4.98 Å². The standard InChI is InChI=1S/C22H22N4O3/c1-28-14-18-20(15-6-3-2-4-7-15)21-23-12-17-19(26(21)24-18)9-10-25(22(17)27)13-16-8-5-11-29-16/h2-4,6-7,9-10,12,16H,5,8,11,13-14H2,1H3/t16-/m1/s1. The van der Waals surface area contributed by atoms with Crippen LogP contribution in [-0.2, 0) is 22.6 Å². The number of pyridine rings is 1. The summed E-state index contributed by atoms with van der Waals surface area (Å²) in [5.74, 6) is 0. The number of fused-ring (bicyclic) bond motifs is 3. The second kappa shape index (κ2) is 7.42. The first kappa shape index (κ1) is 18.0. The van der Waals surface area contributed by atoms with Gasteiger partial charge in [0.1, 0.15) is 0 Å². The van der Waals surface area contributed by atoms with Crippen LogP contribution in [0.15, 0.2) is 53.6 Å². The van der Waals surface area contributed by atoms with E-state index in [-0.39, 0.29) is 11.7 Å². The van der Waals surface area contributed by atoms with Gasteiger partial charge >= 0.3 is 0 Å². The van der Waals surface area contributed by atoms with Crippen LogP contribution in [0.3, 0.4) is 0 Å². The summed E-state index contributed by atoms with van der Waals surface area (Å²) < 4.78 is 14.5. The average Bonchev–Trinajstić information content (AvgIpc) is 3.38. The molecule has 1 atom stereocenters. The third-order valence-electron chi connectivity index (χ3n) is 5.43.